The zero-order valence-corrected chi connectivity index (χ0v) is 10.7. The van der Waals surface area contributed by atoms with Gasteiger partial charge in [-0.2, -0.15) is 5.26 Å². The fourth-order valence-corrected chi connectivity index (χ4v) is 2.10. The Morgan fingerprint density at radius 3 is 2.60 bits per heavy atom. The largest absolute Gasteiger partial charge is 0.399 e. The van der Waals surface area contributed by atoms with Gasteiger partial charge >= 0.3 is 0 Å². The molecule has 0 bridgehead atoms. The molecule has 3 rings (SSSR count). The van der Waals surface area contributed by atoms with Gasteiger partial charge < -0.3 is 5.73 Å². The number of benzene rings is 2. The first kappa shape index (κ1) is 12.0. The maximum Gasteiger partial charge on any atom is 0.144 e. The Morgan fingerprint density at radius 1 is 1.10 bits per heavy atom. The molecule has 3 aromatic rings. The van der Waals surface area contributed by atoms with Crippen molar-refractivity contribution in [2.24, 2.45) is 0 Å². The van der Waals surface area contributed by atoms with E-state index in [0.29, 0.717) is 11.3 Å². The SMILES string of the molecule is N#Cc1ccc(-n2ccnc2-c2cccc(N)c2)cc1. The number of rotatable bonds is 2. The maximum absolute atomic E-state index is 8.84. The van der Waals surface area contributed by atoms with Crippen LogP contribution in [0.25, 0.3) is 17.1 Å². The van der Waals surface area contributed by atoms with Crippen molar-refractivity contribution in [2.75, 3.05) is 5.73 Å². The van der Waals surface area contributed by atoms with E-state index in [1.165, 1.54) is 0 Å². The van der Waals surface area contributed by atoms with Crippen LogP contribution in [0.4, 0.5) is 5.69 Å². The van der Waals surface area contributed by atoms with Crippen molar-refractivity contribution in [3.63, 3.8) is 0 Å². The number of hydrogen-bond acceptors (Lipinski definition) is 3. The number of anilines is 1. The lowest BCUT2D eigenvalue weighted by Gasteiger charge is -2.08. The second-order valence-corrected chi connectivity index (χ2v) is 4.40. The van der Waals surface area contributed by atoms with Crippen LogP contribution in [0.15, 0.2) is 60.9 Å². The second kappa shape index (κ2) is 4.90. The number of aromatic nitrogens is 2. The van der Waals surface area contributed by atoms with Crippen molar-refractivity contribution in [1.29, 1.82) is 5.26 Å². The molecule has 0 aliphatic carbocycles. The molecule has 96 valence electrons. The Labute approximate surface area is 116 Å². The molecule has 0 spiro atoms. The summed E-state index contributed by atoms with van der Waals surface area (Å²) in [5.74, 6) is 0.821. The molecule has 0 atom stereocenters. The molecule has 0 amide bonds. The van der Waals surface area contributed by atoms with E-state index >= 15 is 0 Å². The van der Waals surface area contributed by atoms with Gasteiger partial charge in [0, 0.05) is 29.3 Å². The maximum atomic E-state index is 8.84. The van der Waals surface area contributed by atoms with Crippen LogP contribution in [0.5, 0.6) is 0 Å². The van der Waals surface area contributed by atoms with Crippen LogP contribution in [0.3, 0.4) is 0 Å². The van der Waals surface area contributed by atoms with Crippen LogP contribution < -0.4 is 5.73 Å². The Morgan fingerprint density at radius 2 is 1.90 bits per heavy atom. The summed E-state index contributed by atoms with van der Waals surface area (Å²) in [4.78, 5) is 4.39. The highest BCUT2D eigenvalue weighted by atomic mass is 15.1. The Hall–Kier alpha value is -3.06. The first-order valence-corrected chi connectivity index (χ1v) is 6.18. The molecule has 4 heteroatoms. The van der Waals surface area contributed by atoms with Gasteiger partial charge in [0.15, 0.2) is 0 Å². The molecule has 0 saturated heterocycles. The highest BCUT2D eigenvalue weighted by Crippen LogP contribution is 2.23. The summed E-state index contributed by atoms with van der Waals surface area (Å²) < 4.78 is 1.97. The third-order valence-electron chi connectivity index (χ3n) is 3.06. The third-order valence-corrected chi connectivity index (χ3v) is 3.06. The summed E-state index contributed by atoms with van der Waals surface area (Å²) in [6, 6.07) is 17.1. The van der Waals surface area contributed by atoms with Crippen LogP contribution in [0, 0.1) is 11.3 Å². The van der Waals surface area contributed by atoms with Crippen molar-refractivity contribution >= 4 is 5.69 Å². The number of nitrogen functional groups attached to an aromatic ring is 1. The summed E-state index contributed by atoms with van der Waals surface area (Å²) in [7, 11) is 0. The van der Waals surface area contributed by atoms with Gasteiger partial charge in [0.05, 0.1) is 11.6 Å². The molecule has 0 unspecified atom stereocenters. The Kier molecular flexibility index (Phi) is 2.94. The van der Waals surface area contributed by atoms with Crippen molar-refractivity contribution in [3.8, 4) is 23.1 Å². The van der Waals surface area contributed by atoms with E-state index in [0.717, 1.165) is 17.1 Å². The summed E-state index contributed by atoms with van der Waals surface area (Å²) in [5.41, 5.74) is 9.08. The number of imidazole rings is 1. The van der Waals surface area contributed by atoms with Gasteiger partial charge in [-0.25, -0.2) is 4.98 Å². The minimum absolute atomic E-state index is 0.638. The highest BCUT2D eigenvalue weighted by Gasteiger charge is 2.07. The molecule has 0 aliphatic heterocycles. The highest BCUT2D eigenvalue weighted by molar-refractivity contribution is 5.63. The minimum Gasteiger partial charge on any atom is -0.399 e. The predicted octanol–water partition coefficient (Wildman–Crippen LogP) is 2.99. The molecular formula is C16H12N4. The molecule has 0 saturated carbocycles. The van der Waals surface area contributed by atoms with Crippen LogP contribution in [-0.4, -0.2) is 9.55 Å². The van der Waals surface area contributed by atoms with Gasteiger partial charge in [-0.15, -0.1) is 0 Å². The van der Waals surface area contributed by atoms with Crippen LogP contribution in [0.2, 0.25) is 0 Å². The normalized spacial score (nSPS) is 10.2. The van der Waals surface area contributed by atoms with E-state index in [-0.39, 0.29) is 0 Å². The zero-order valence-electron chi connectivity index (χ0n) is 10.7. The summed E-state index contributed by atoms with van der Waals surface area (Å²) in [6.07, 6.45) is 3.64. The van der Waals surface area contributed by atoms with E-state index in [4.69, 9.17) is 11.0 Å². The molecule has 20 heavy (non-hydrogen) atoms. The Bertz CT molecular complexity index is 779. The third kappa shape index (κ3) is 2.13. The summed E-state index contributed by atoms with van der Waals surface area (Å²) >= 11 is 0. The van der Waals surface area contributed by atoms with Gasteiger partial charge in [-0.1, -0.05) is 12.1 Å². The first-order valence-electron chi connectivity index (χ1n) is 6.18. The van der Waals surface area contributed by atoms with Crippen LogP contribution >= 0.6 is 0 Å². The second-order valence-electron chi connectivity index (χ2n) is 4.40. The predicted molar refractivity (Wildman–Crippen MR) is 78.1 cm³/mol. The average Bonchev–Trinajstić information content (AvgIpc) is 2.97. The van der Waals surface area contributed by atoms with E-state index in [9.17, 15) is 0 Å². The molecule has 0 radical (unpaired) electrons. The van der Waals surface area contributed by atoms with Gasteiger partial charge in [0.25, 0.3) is 0 Å². The first-order chi connectivity index (χ1) is 9.78. The molecule has 0 aliphatic rings. The van der Waals surface area contributed by atoms with E-state index in [1.54, 1.807) is 18.3 Å². The fourth-order valence-electron chi connectivity index (χ4n) is 2.10. The fraction of sp³-hybridized carbons (Fsp3) is 0. The van der Waals surface area contributed by atoms with Crippen molar-refractivity contribution < 1.29 is 0 Å². The molecule has 4 nitrogen and oxygen atoms in total. The molecule has 2 N–H and O–H groups in total. The molecule has 0 fully saturated rings. The quantitative estimate of drug-likeness (QED) is 0.720. The minimum atomic E-state index is 0.638. The van der Waals surface area contributed by atoms with E-state index in [1.807, 2.05) is 47.2 Å². The van der Waals surface area contributed by atoms with Gasteiger partial charge in [-0.05, 0) is 36.4 Å². The number of nitrogens with zero attached hydrogens (tertiary/aromatic N) is 3. The lowest BCUT2D eigenvalue weighted by Crippen LogP contribution is -1.97. The van der Waals surface area contributed by atoms with E-state index < -0.39 is 0 Å². The monoisotopic (exact) mass is 260 g/mol. The summed E-state index contributed by atoms with van der Waals surface area (Å²) in [6.45, 7) is 0. The number of hydrogen-bond donors (Lipinski definition) is 1. The van der Waals surface area contributed by atoms with Crippen LogP contribution in [0.1, 0.15) is 5.56 Å². The van der Waals surface area contributed by atoms with Crippen molar-refractivity contribution in [3.05, 3.63) is 66.5 Å². The lowest BCUT2D eigenvalue weighted by atomic mass is 10.1. The lowest BCUT2D eigenvalue weighted by molar-refractivity contribution is 1.07. The number of nitriles is 1. The summed E-state index contributed by atoms with van der Waals surface area (Å²) in [5, 5.41) is 8.84. The van der Waals surface area contributed by atoms with Crippen LogP contribution in [-0.2, 0) is 0 Å². The topological polar surface area (TPSA) is 67.6 Å². The van der Waals surface area contributed by atoms with Gasteiger partial charge in [-0.3, -0.25) is 4.57 Å². The van der Waals surface area contributed by atoms with Gasteiger partial charge in [0.2, 0.25) is 0 Å². The molecule has 2 aromatic carbocycles. The standard InChI is InChI=1S/C16H12N4/c17-11-12-4-6-15(7-5-12)20-9-8-19-16(20)13-2-1-3-14(18)10-13/h1-10H,18H2. The Balaban J connectivity index is 2.08. The van der Waals surface area contributed by atoms with Crippen molar-refractivity contribution in [2.45, 2.75) is 0 Å². The smallest absolute Gasteiger partial charge is 0.144 e. The van der Waals surface area contributed by atoms with Crippen molar-refractivity contribution in [1.82, 2.24) is 9.55 Å². The molecule has 1 aromatic heterocycles. The zero-order chi connectivity index (χ0) is 13.9. The van der Waals surface area contributed by atoms with E-state index in [2.05, 4.69) is 11.1 Å². The number of nitrogens with two attached hydrogens (primary N) is 1. The average molecular weight is 260 g/mol. The van der Waals surface area contributed by atoms with Gasteiger partial charge in [0.1, 0.15) is 5.82 Å². The molecule has 1 heterocycles. The molecular weight excluding hydrogens is 248 g/mol.